The number of benzene rings is 1. The minimum absolute atomic E-state index is 0.284. The van der Waals surface area contributed by atoms with Gasteiger partial charge in [-0.3, -0.25) is 0 Å². The molecule has 108 valence electrons. The summed E-state index contributed by atoms with van der Waals surface area (Å²) in [6.07, 6.45) is 2.20. The van der Waals surface area contributed by atoms with Crippen molar-refractivity contribution in [2.75, 3.05) is 38.8 Å². The fourth-order valence-corrected chi connectivity index (χ4v) is 1.96. The molecule has 0 fully saturated rings. The summed E-state index contributed by atoms with van der Waals surface area (Å²) in [6, 6.07) is 8.95. The number of hydrogen-bond donors (Lipinski definition) is 1. The predicted octanol–water partition coefficient (Wildman–Crippen LogP) is 3.22. The number of rotatable bonds is 9. The van der Waals surface area contributed by atoms with Crippen molar-refractivity contribution < 1.29 is 4.74 Å². The van der Waals surface area contributed by atoms with E-state index < -0.39 is 0 Å². The van der Waals surface area contributed by atoms with Crippen LogP contribution in [0.1, 0.15) is 38.3 Å². The van der Waals surface area contributed by atoms with Crippen molar-refractivity contribution in [3.05, 3.63) is 29.8 Å². The predicted molar refractivity (Wildman–Crippen MR) is 82.9 cm³/mol. The summed E-state index contributed by atoms with van der Waals surface area (Å²) in [5.74, 6) is 0. The summed E-state index contributed by atoms with van der Waals surface area (Å²) >= 11 is 0. The molecule has 1 rings (SSSR count). The van der Waals surface area contributed by atoms with Crippen LogP contribution < -0.4 is 10.2 Å². The highest BCUT2D eigenvalue weighted by Gasteiger charge is 2.11. The zero-order valence-corrected chi connectivity index (χ0v) is 12.8. The molecule has 1 atom stereocenters. The van der Waals surface area contributed by atoms with Crippen molar-refractivity contribution in [3.8, 4) is 0 Å². The number of nitrogens with one attached hydrogen (secondary N) is 1. The Morgan fingerprint density at radius 3 is 2.63 bits per heavy atom. The van der Waals surface area contributed by atoms with E-state index in [1.165, 1.54) is 11.3 Å². The van der Waals surface area contributed by atoms with Crippen molar-refractivity contribution in [3.63, 3.8) is 0 Å². The van der Waals surface area contributed by atoms with Crippen molar-refractivity contribution in [2.24, 2.45) is 0 Å². The molecule has 0 aromatic heterocycles. The van der Waals surface area contributed by atoms with Gasteiger partial charge in [0.25, 0.3) is 0 Å². The van der Waals surface area contributed by atoms with E-state index in [1.807, 2.05) is 0 Å². The second kappa shape index (κ2) is 8.94. The van der Waals surface area contributed by atoms with Gasteiger partial charge in [0.2, 0.25) is 0 Å². The Kier molecular flexibility index (Phi) is 7.53. The Labute approximate surface area is 118 Å². The highest BCUT2D eigenvalue weighted by atomic mass is 16.5. The molecule has 1 aromatic rings. The quantitative estimate of drug-likeness (QED) is 0.693. The Morgan fingerprint density at radius 2 is 2.00 bits per heavy atom. The largest absolute Gasteiger partial charge is 0.379 e. The molecule has 1 N–H and O–H groups in total. The standard InChI is InChI=1S/C16H28N2O/c1-5-10-17-16(13-19-11-6-2)14-8-7-9-15(12-14)18(3)4/h7-9,12,16-17H,5-6,10-11,13H2,1-4H3. The van der Waals surface area contributed by atoms with E-state index in [2.05, 4.69) is 62.4 Å². The monoisotopic (exact) mass is 264 g/mol. The second-order valence-corrected chi connectivity index (χ2v) is 5.07. The van der Waals surface area contributed by atoms with E-state index in [1.54, 1.807) is 0 Å². The lowest BCUT2D eigenvalue weighted by Crippen LogP contribution is -2.26. The smallest absolute Gasteiger partial charge is 0.0661 e. The van der Waals surface area contributed by atoms with Gasteiger partial charge in [0, 0.05) is 26.4 Å². The highest BCUT2D eigenvalue weighted by molar-refractivity contribution is 5.47. The molecule has 0 aliphatic carbocycles. The average Bonchev–Trinajstić information content (AvgIpc) is 2.43. The van der Waals surface area contributed by atoms with E-state index in [4.69, 9.17) is 4.74 Å². The second-order valence-electron chi connectivity index (χ2n) is 5.07. The minimum atomic E-state index is 0.284. The van der Waals surface area contributed by atoms with E-state index in [0.717, 1.165) is 32.6 Å². The van der Waals surface area contributed by atoms with Crippen LogP contribution in [0.4, 0.5) is 5.69 Å². The maximum atomic E-state index is 5.72. The van der Waals surface area contributed by atoms with E-state index in [0.29, 0.717) is 0 Å². The van der Waals surface area contributed by atoms with E-state index >= 15 is 0 Å². The molecule has 1 unspecified atom stereocenters. The third kappa shape index (κ3) is 5.62. The number of ether oxygens (including phenoxy) is 1. The lowest BCUT2D eigenvalue weighted by atomic mass is 10.1. The molecule has 0 bridgehead atoms. The van der Waals surface area contributed by atoms with Gasteiger partial charge < -0.3 is 15.0 Å². The van der Waals surface area contributed by atoms with Crippen LogP contribution in [0.25, 0.3) is 0 Å². The first-order chi connectivity index (χ1) is 9.19. The fourth-order valence-electron chi connectivity index (χ4n) is 1.96. The summed E-state index contributed by atoms with van der Waals surface area (Å²) in [6.45, 7) is 6.92. The van der Waals surface area contributed by atoms with Crippen LogP contribution in [0.15, 0.2) is 24.3 Å². The van der Waals surface area contributed by atoms with Gasteiger partial charge in [-0.2, -0.15) is 0 Å². The highest BCUT2D eigenvalue weighted by Crippen LogP contribution is 2.20. The SMILES string of the molecule is CCCNC(COCCC)c1cccc(N(C)C)c1. The Morgan fingerprint density at radius 1 is 1.21 bits per heavy atom. The molecule has 3 nitrogen and oxygen atoms in total. The topological polar surface area (TPSA) is 24.5 Å². The molecule has 0 radical (unpaired) electrons. The lowest BCUT2D eigenvalue weighted by Gasteiger charge is -2.21. The van der Waals surface area contributed by atoms with Gasteiger partial charge in [0.15, 0.2) is 0 Å². The molecule has 3 heteroatoms. The van der Waals surface area contributed by atoms with Crippen LogP contribution in [0.5, 0.6) is 0 Å². The van der Waals surface area contributed by atoms with Gasteiger partial charge in [-0.25, -0.2) is 0 Å². The van der Waals surface area contributed by atoms with Crippen LogP contribution in [-0.2, 0) is 4.74 Å². The van der Waals surface area contributed by atoms with Crippen LogP contribution in [0.2, 0.25) is 0 Å². The molecule has 0 amide bonds. The van der Waals surface area contributed by atoms with Crippen LogP contribution in [0, 0.1) is 0 Å². The molecular weight excluding hydrogens is 236 g/mol. The molecule has 0 aliphatic heterocycles. The number of anilines is 1. The number of nitrogens with zero attached hydrogens (tertiary/aromatic N) is 1. The van der Waals surface area contributed by atoms with Gasteiger partial charge in [0.05, 0.1) is 12.6 Å². The first-order valence-corrected chi connectivity index (χ1v) is 7.27. The molecule has 0 spiro atoms. The van der Waals surface area contributed by atoms with Gasteiger partial charge in [0.1, 0.15) is 0 Å². The summed E-state index contributed by atoms with van der Waals surface area (Å²) in [7, 11) is 4.14. The average molecular weight is 264 g/mol. The molecule has 19 heavy (non-hydrogen) atoms. The van der Waals surface area contributed by atoms with Crippen LogP contribution in [0.3, 0.4) is 0 Å². The van der Waals surface area contributed by atoms with Crippen molar-refractivity contribution >= 4 is 5.69 Å². The summed E-state index contributed by atoms with van der Waals surface area (Å²) in [4.78, 5) is 2.13. The summed E-state index contributed by atoms with van der Waals surface area (Å²) in [5, 5.41) is 3.57. The molecule has 1 aromatic carbocycles. The van der Waals surface area contributed by atoms with Gasteiger partial charge in [-0.05, 0) is 37.1 Å². The zero-order valence-electron chi connectivity index (χ0n) is 12.8. The molecule has 0 saturated heterocycles. The van der Waals surface area contributed by atoms with Gasteiger partial charge in [-0.15, -0.1) is 0 Å². The third-order valence-electron chi connectivity index (χ3n) is 3.06. The van der Waals surface area contributed by atoms with Crippen molar-refractivity contribution in [2.45, 2.75) is 32.7 Å². The molecular formula is C16H28N2O. The van der Waals surface area contributed by atoms with E-state index in [-0.39, 0.29) is 6.04 Å². The summed E-state index contributed by atoms with van der Waals surface area (Å²) in [5.41, 5.74) is 2.53. The maximum absolute atomic E-state index is 5.72. The molecule has 0 saturated carbocycles. The van der Waals surface area contributed by atoms with Crippen molar-refractivity contribution in [1.82, 2.24) is 5.32 Å². The van der Waals surface area contributed by atoms with E-state index in [9.17, 15) is 0 Å². The lowest BCUT2D eigenvalue weighted by molar-refractivity contribution is 0.112. The first kappa shape index (κ1) is 16.0. The minimum Gasteiger partial charge on any atom is -0.379 e. The zero-order chi connectivity index (χ0) is 14.1. The molecule has 0 heterocycles. The van der Waals surface area contributed by atoms with Crippen LogP contribution >= 0.6 is 0 Å². The molecule has 0 aliphatic rings. The third-order valence-corrected chi connectivity index (χ3v) is 3.06. The van der Waals surface area contributed by atoms with Crippen molar-refractivity contribution in [1.29, 1.82) is 0 Å². The first-order valence-electron chi connectivity index (χ1n) is 7.27. The Balaban J connectivity index is 2.74. The van der Waals surface area contributed by atoms with Gasteiger partial charge in [-0.1, -0.05) is 26.0 Å². The Hall–Kier alpha value is -1.06. The maximum Gasteiger partial charge on any atom is 0.0661 e. The van der Waals surface area contributed by atoms with Crippen LogP contribution in [-0.4, -0.2) is 33.9 Å². The summed E-state index contributed by atoms with van der Waals surface area (Å²) < 4.78 is 5.72. The van der Waals surface area contributed by atoms with Gasteiger partial charge >= 0.3 is 0 Å². The Bertz CT molecular complexity index is 352. The number of hydrogen-bond acceptors (Lipinski definition) is 3. The normalized spacial score (nSPS) is 12.4. The fraction of sp³-hybridized carbons (Fsp3) is 0.625.